The predicted octanol–water partition coefficient (Wildman–Crippen LogP) is 2.89. The molecule has 5 heteroatoms. The summed E-state index contributed by atoms with van der Waals surface area (Å²) in [6, 6.07) is 5.21. The minimum atomic E-state index is -0.401. The van der Waals surface area contributed by atoms with Crippen molar-refractivity contribution in [3.8, 4) is 11.8 Å². The van der Waals surface area contributed by atoms with E-state index in [-0.39, 0.29) is 5.69 Å². The second-order valence-electron chi connectivity index (χ2n) is 3.77. The smallest absolute Gasteiger partial charge is 0.272 e. The Balaban J connectivity index is 2.78. The van der Waals surface area contributed by atoms with Gasteiger partial charge in [0, 0.05) is 18.1 Å². The number of unbranched alkanes of at least 4 members (excludes halogenated alkanes) is 1. The Morgan fingerprint density at radius 1 is 1.41 bits per heavy atom. The number of rotatable bonds is 5. The quantitative estimate of drug-likeness (QED) is 0.446. The van der Waals surface area contributed by atoms with E-state index in [2.05, 4.69) is 0 Å². The highest BCUT2D eigenvalue weighted by atomic mass is 16.6. The Hall–Kier alpha value is -2.09. The molecule has 0 amide bonds. The van der Waals surface area contributed by atoms with Crippen LogP contribution in [0.4, 0.5) is 5.69 Å². The molecule has 0 fully saturated rings. The summed E-state index contributed by atoms with van der Waals surface area (Å²) in [6.07, 6.45) is 1.11. The zero-order valence-corrected chi connectivity index (χ0v) is 9.90. The van der Waals surface area contributed by atoms with E-state index >= 15 is 0 Å². The molecule has 0 aliphatic heterocycles. The Morgan fingerprint density at radius 3 is 2.71 bits per heavy atom. The molecule has 0 N–H and O–H groups in total. The number of nitrogens with zero attached hydrogens (tertiary/aromatic N) is 2. The summed E-state index contributed by atoms with van der Waals surface area (Å²) in [5.41, 5.74) is 1.42. The normalized spacial score (nSPS) is 9.71. The fraction of sp³-hybridized carbons (Fsp3) is 0.417. The highest BCUT2D eigenvalue weighted by Gasteiger charge is 2.13. The maximum absolute atomic E-state index is 10.7. The molecule has 0 saturated carbocycles. The van der Waals surface area contributed by atoms with Crippen LogP contribution in [0.2, 0.25) is 0 Å². The van der Waals surface area contributed by atoms with Crippen LogP contribution in [0.5, 0.6) is 5.75 Å². The molecule has 0 aromatic heterocycles. The largest absolute Gasteiger partial charge is 0.493 e. The summed E-state index contributed by atoms with van der Waals surface area (Å²) in [6.45, 7) is 3.90. The first kappa shape index (κ1) is 13.0. The van der Waals surface area contributed by atoms with Crippen molar-refractivity contribution in [3.05, 3.63) is 33.4 Å². The van der Waals surface area contributed by atoms with Gasteiger partial charge in [-0.05, 0) is 31.9 Å². The molecule has 0 radical (unpaired) electrons. The van der Waals surface area contributed by atoms with Gasteiger partial charge in [0.2, 0.25) is 0 Å². The van der Waals surface area contributed by atoms with Crippen molar-refractivity contribution in [2.24, 2.45) is 0 Å². The van der Waals surface area contributed by atoms with Crippen LogP contribution < -0.4 is 4.74 Å². The van der Waals surface area contributed by atoms with Crippen molar-refractivity contribution in [1.29, 1.82) is 5.26 Å². The molecule has 1 aromatic rings. The summed E-state index contributed by atoms with van der Waals surface area (Å²) in [5.74, 6) is 0.644. The molecule has 5 nitrogen and oxygen atoms in total. The third-order valence-electron chi connectivity index (χ3n) is 2.38. The van der Waals surface area contributed by atoms with Crippen molar-refractivity contribution < 1.29 is 9.66 Å². The third-order valence-corrected chi connectivity index (χ3v) is 2.38. The molecular formula is C12H14N2O3. The van der Waals surface area contributed by atoms with E-state index in [0.717, 1.165) is 5.56 Å². The Labute approximate surface area is 99.8 Å². The van der Waals surface area contributed by atoms with Gasteiger partial charge in [0.1, 0.15) is 5.75 Å². The Morgan fingerprint density at radius 2 is 2.12 bits per heavy atom. The number of nitro groups is 1. The number of benzene rings is 1. The lowest BCUT2D eigenvalue weighted by molar-refractivity contribution is -0.385. The van der Waals surface area contributed by atoms with E-state index in [0.29, 0.717) is 30.8 Å². The summed E-state index contributed by atoms with van der Waals surface area (Å²) in [4.78, 5) is 10.3. The molecule has 0 atom stereocenters. The molecular weight excluding hydrogens is 220 g/mol. The fourth-order valence-corrected chi connectivity index (χ4v) is 1.46. The highest BCUT2D eigenvalue weighted by molar-refractivity contribution is 5.49. The standard InChI is InChI=1S/C12H14N2O3/c1-9-8-12(17-6-4-3-5-13)10(2)7-11(9)14(15)16/h7-8H,3-4,6H2,1-2H3. The second kappa shape index (κ2) is 5.85. The SMILES string of the molecule is Cc1cc([N+](=O)[O-])c(C)cc1OCCCC#N. The van der Waals surface area contributed by atoms with Gasteiger partial charge in [0.25, 0.3) is 5.69 Å². The van der Waals surface area contributed by atoms with E-state index in [1.165, 1.54) is 6.07 Å². The van der Waals surface area contributed by atoms with Crippen LogP contribution in [0.3, 0.4) is 0 Å². The molecule has 0 spiro atoms. The van der Waals surface area contributed by atoms with Gasteiger partial charge in [0.15, 0.2) is 0 Å². The van der Waals surface area contributed by atoms with Crippen LogP contribution in [0, 0.1) is 35.3 Å². The molecule has 1 rings (SSSR count). The molecule has 1 aromatic carbocycles. The number of ether oxygens (including phenoxy) is 1. The molecule has 0 aliphatic rings. The molecule has 0 aliphatic carbocycles. The van der Waals surface area contributed by atoms with Crippen LogP contribution in [0.25, 0.3) is 0 Å². The number of nitro benzene ring substituents is 1. The topological polar surface area (TPSA) is 76.2 Å². The molecule has 0 bridgehead atoms. The third kappa shape index (κ3) is 3.45. The first-order valence-corrected chi connectivity index (χ1v) is 5.31. The lowest BCUT2D eigenvalue weighted by Gasteiger charge is -2.09. The maximum atomic E-state index is 10.7. The summed E-state index contributed by atoms with van der Waals surface area (Å²) in [5, 5.41) is 19.1. The fourth-order valence-electron chi connectivity index (χ4n) is 1.46. The minimum absolute atomic E-state index is 0.104. The van der Waals surface area contributed by atoms with Crippen LogP contribution in [-0.4, -0.2) is 11.5 Å². The van der Waals surface area contributed by atoms with Gasteiger partial charge in [-0.1, -0.05) is 0 Å². The van der Waals surface area contributed by atoms with Gasteiger partial charge in [-0.3, -0.25) is 10.1 Å². The zero-order chi connectivity index (χ0) is 12.8. The number of aryl methyl sites for hydroxylation is 2. The lowest BCUT2D eigenvalue weighted by atomic mass is 10.1. The molecule has 0 unspecified atom stereocenters. The van der Waals surface area contributed by atoms with E-state index in [9.17, 15) is 10.1 Å². The molecule has 17 heavy (non-hydrogen) atoms. The Kier molecular flexibility index (Phi) is 4.46. The van der Waals surface area contributed by atoms with Gasteiger partial charge >= 0.3 is 0 Å². The van der Waals surface area contributed by atoms with E-state index in [4.69, 9.17) is 10.00 Å². The van der Waals surface area contributed by atoms with Crippen LogP contribution >= 0.6 is 0 Å². The Bertz CT molecular complexity index is 464. The highest BCUT2D eigenvalue weighted by Crippen LogP contribution is 2.27. The molecule has 0 saturated heterocycles. The van der Waals surface area contributed by atoms with Crippen molar-refractivity contribution in [2.45, 2.75) is 26.7 Å². The second-order valence-corrected chi connectivity index (χ2v) is 3.77. The van der Waals surface area contributed by atoms with Crippen LogP contribution in [0.15, 0.2) is 12.1 Å². The van der Waals surface area contributed by atoms with Gasteiger partial charge in [-0.25, -0.2) is 0 Å². The monoisotopic (exact) mass is 234 g/mol. The van der Waals surface area contributed by atoms with Crippen molar-refractivity contribution in [2.75, 3.05) is 6.61 Å². The van der Waals surface area contributed by atoms with Gasteiger partial charge in [0.05, 0.1) is 17.6 Å². The maximum Gasteiger partial charge on any atom is 0.272 e. The van der Waals surface area contributed by atoms with E-state index < -0.39 is 4.92 Å². The van der Waals surface area contributed by atoms with Crippen molar-refractivity contribution in [1.82, 2.24) is 0 Å². The molecule has 90 valence electrons. The average Bonchev–Trinajstić information content (AvgIpc) is 2.28. The van der Waals surface area contributed by atoms with Gasteiger partial charge in [-0.15, -0.1) is 0 Å². The van der Waals surface area contributed by atoms with E-state index in [1.807, 2.05) is 6.07 Å². The first-order valence-electron chi connectivity index (χ1n) is 5.31. The lowest BCUT2D eigenvalue weighted by Crippen LogP contribution is -2.00. The van der Waals surface area contributed by atoms with Crippen molar-refractivity contribution in [3.63, 3.8) is 0 Å². The van der Waals surface area contributed by atoms with Gasteiger partial charge < -0.3 is 4.74 Å². The van der Waals surface area contributed by atoms with Crippen LogP contribution in [-0.2, 0) is 0 Å². The average molecular weight is 234 g/mol. The summed E-state index contributed by atoms with van der Waals surface area (Å²) in [7, 11) is 0. The zero-order valence-electron chi connectivity index (χ0n) is 9.90. The summed E-state index contributed by atoms with van der Waals surface area (Å²) >= 11 is 0. The van der Waals surface area contributed by atoms with E-state index in [1.54, 1.807) is 19.9 Å². The number of nitriles is 1. The van der Waals surface area contributed by atoms with Crippen molar-refractivity contribution >= 4 is 5.69 Å². The number of hydrogen-bond acceptors (Lipinski definition) is 4. The van der Waals surface area contributed by atoms with Gasteiger partial charge in [-0.2, -0.15) is 5.26 Å². The number of hydrogen-bond donors (Lipinski definition) is 0. The molecule has 0 heterocycles. The minimum Gasteiger partial charge on any atom is -0.493 e. The predicted molar refractivity (Wildman–Crippen MR) is 62.9 cm³/mol. The first-order chi connectivity index (χ1) is 8.06. The van der Waals surface area contributed by atoms with Crippen LogP contribution in [0.1, 0.15) is 24.0 Å². The summed E-state index contributed by atoms with van der Waals surface area (Å²) < 4.78 is 5.48.